The molecule has 170 valence electrons. The summed E-state index contributed by atoms with van der Waals surface area (Å²) < 4.78 is 20.3. The van der Waals surface area contributed by atoms with Crippen molar-refractivity contribution in [1.29, 1.82) is 0 Å². The Morgan fingerprint density at radius 3 is 2.26 bits per heavy atom. The quantitative estimate of drug-likeness (QED) is 0.325. The molecule has 0 amide bonds. The van der Waals surface area contributed by atoms with Gasteiger partial charge < -0.3 is 4.74 Å². The maximum absolute atomic E-state index is 14.7. The molecule has 0 radical (unpaired) electrons. The van der Waals surface area contributed by atoms with Crippen molar-refractivity contribution in [3.05, 3.63) is 41.7 Å². The van der Waals surface area contributed by atoms with Crippen molar-refractivity contribution in [3.8, 4) is 17.1 Å². The topological polar surface area (TPSA) is 35.0 Å². The van der Waals surface area contributed by atoms with Gasteiger partial charge in [-0.2, -0.15) is 0 Å². The van der Waals surface area contributed by atoms with Crippen molar-refractivity contribution < 1.29 is 9.13 Å². The number of hydrogen-bond acceptors (Lipinski definition) is 3. The number of nitrogens with zero attached hydrogens (tertiary/aromatic N) is 2. The third-order valence-electron chi connectivity index (χ3n) is 6.74. The van der Waals surface area contributed by atoms with Gasteiger partial charge in [0.1, 0.15) is 5.82 Å². The summed E-state index contributed by atoms with van der Waals surface area (Å²) in [5.74, 6) is 2.09. The molecule has 1 fully saturated rings. The van der Waals surface area contributed by atoms with E-state index in [-0.39, 0.29) is 5.82 Å². The minimum Gasteiger partial charge on any atom is -0.477 e. The summed E-state index contributed by atoms with van der Waals surface area (Å²) in [6.07, 6.45) is 14.7. The van der Waals surface area contributed by atoms with Crippen LogP contribution in [0.2, 0.25) is 0 Å². The molecular formula is C27H39FN2O. The van der Waals surface area contributed by atoms with E-state index in [0.29, 0.717) is 18.2 Å². The average molecular weight is 427 g/mol. The summed E-state index contributed by atoms with van der Waals surface area (Å²) in [5, 5.41) is 8.36. The van der Waals surface area contributed by atoms with Gasteiger partial charge in [0.15, 0.2) is 0 Å². The first-order valence-corrected chi connectivity index (χ1v) is 12.4. The molecule has 1 aliphatic rings. The minimum absolute atomic E-state index is 0.129. The molecule has 3 nitrogen and oxygen atoms in total. The molecule has 0 spiro atoms. The zero-order valence-corrected chi connectivity index (χ0v) is 19.4. The summed E-state index contributed by atoms with van der Waals surface area (Å²) in [6.45, 7) is 5.10. The van der Waals surface area contributed by atoms with Crippen LogP contribution in [0.4, 0.5) is 4.39 Å². The van der Waals surface area contributed by atoms with Crippen molar-refractivity contribution >= 4 is 0 Å². The summed E-state index contributed by atoms with van der Waals surface area (Å²) in [4.78, 5) is 0. The largest absolute Gasteiger partial charge is 0.477 e. The molecule has 0 atom stereocenters. The van der Waals surface area contributed by atoms with E-state index in [1.165, 1.54) is 44.9 Å². The Morgan fingerprint density at radius 1 is 0.871 bits per heavy atom. The molecule has 3 rings (SSSR count). The van der Waals surface area contributed by atoms with Gasteiger partial charge in [0.2, 0.25) is 5.88 Å². The number of aryl methyl sites for hydroxylation is 1. The van der Waals surface area contributed by atoms with Crippen LogP contribution in [0.1, 0.15) is 90.0 Å². The van der Waals surface area contributed by atoms with Crippen LogP contribution in [-0.4, -0.2) is 16.8 Å². The van der Waals surface area contributed by atoms with Gasteiger partial charge in [-0.25, -0.2) is 4.39 Å². The van der Waals surface area contributed by atoms with E-state index in [2.05, 4.69) is 24.0 Å². The monoisotopic (exact) mass is 426 g/mol. The second-order valence-corrected chi connectivity index (χ2v) is 9.19. The molecule has 1 saturated carbocycles. The Balaban J connectivity index is 1.47. The van der Waals surface area contributed by atoms with Gasteiger partial charge in [-0.05, 0) is 48.8 Å². The summed E-state index contributed by atoms with van der Waals surface area (Å²) >= 11 is 0. The Bertz CT molecular complexity index is 769. The van der Waals surface area contributed by atoms with Crippen molar-refractivity contribution in [2.24, 2.45) is 11.8 Å². The van der Waals surface area contributed by atoms with E-state index in [1.807, 2.05) is 24.3 Å². The zero-order valence-electron chi connectivity index (χ0n) is 19.4. The highest BCUT2D eigenvalue weighted by atomic mass is 19.1. The Labute approximate surface area is 187 Å². The van der Waals surface area contributed by atoms with Crippen molar-refractivity contribution in [2.45, 2.75) is 90.9 Å². The van der Waals surface area contributed by atoms with Gasteiger partial charge in [-0.1, -0.05) is 83.8 Å². The van der Waals surface area contributed by atoms with Crippen LogP contribution in [0.15, 0.2) is 30.3 Å². The van der Waals surface area contributed by atoms with E-state index >= 15 is 0 Å². The maximum Gasteiger partial charge on any atom is 0.233 e. The number of ether oxygens (including phenoxy) is 1. The number of hydrogen-bond donors (Lipinski definition) is 0. The smallest absolute Gasteiger partial charge is 0.233 e. The SMILES string of the molecule is CCCCCOc1ccc(-c2ccc(CCC3CCC(CCCC)CC3)c(F)c2)nn1. The first kappa shape index (κ1) is 23.7. The average Bonchev–Trinajstić information content (AvgIpc) is 2.81. The van der Waals surface area contributed by atoms with Gasteiger partial charge in [0, 0.05) is 11.6 Å². The highest BCUT2D eigenvalue weighted by molar-refractivity contribution is 5.59. The van der Waals surface area contributed by atoms with E-state index in [0.717, 1.165) is 55.1 Å². The van der Waals surface area contributed by atoms with Crippen LogP contribution in [0, 0.1) is 17.7 Å². The highest BCUT2D eigenvalue weighted by Gasteiger charge is 2.21. The standard InChI is InChI=1S/C27H39FN2O/c1-3-5-7-19-31-27-18-17-26(29-30-27)24-16-15-23(25(28)20-24)14-13-22-11-9-21(10-12-22)8-6-4-2/h15-18,20-22H,3-14,19H2,1-2H3. The van der Waals surface area contributed by atoms with Gasteiger partial charge in [-0.15, -0.1) is 10.2 Å². The molecule has 0 unspecified atom stereocenters. The number of unbranched alkanes of at least 4 members (excludes halogenated alkanes) is 3. The molecule has 4 heteroatoms. The Morgan fingerprint density at radius 2 is 1.61 bits per heavy atom. The van der Waals surface area contributed by atoms with E-state index in [1.54, 1.807) is 6.07 Å². The fourth-order valence-electron chi connectivity index (χ4n) is 4.65. The number of halogens is 1. The lowest BCUT2D eigenvalue weighted by Gasteiger charge is -2.28. The zero-order chi connectivity index (χ0) is 21.9. The second-order valence-electron chi connectivity index (χ2n) is 9.19. The van der Waals surface area contributed by atoms with Gasteiger partial charge >= 0.3 is 0 Å². The second kappa shape index (κ2) is 12.8. The Hall–Kier alpha value is -1.97. The van der Waals surface area contributed by atoms with Crippen molar-refractivity contribution in [3.63, 3.8) is 0 Å². The van der Waals surface area contributed by atoms with Crippen molar-refractivity contribution in [1.82, 2.24) is 10.2 Å². The van der Waals surface area contributed by atoms with Gasteiger partial charge in [0.25, 0.3) is 0 Å². The molecule has 2 aromatic rings. The molecule has 0 N–H and O–H groups in total. The lowest BCUT2D eigenvalue weighted by molar-refractivity contribution is 0.249. The van der Waals surface area contributed by atoms with Crippen LogP contribution in [0.3, 0.4) is 0 Å². The molecule has 0 bridgehead atoms. The summed E-state index contributed by atoms with van der Waals surface area (Å²) in [7, 11) is 0. The molecule has 1 heterocycles. The molecule has 0 aliphatic heterocycles. The predicted octanol–water partition coefficient (Wildman–Crippen LogP) is 7.78. The number of aromatic nitrogens is 2. The van der Waals surface area contributed by atoms with Gasteiger partial charge in [-0.3, -0.25) is 0 Å². The van der Waals surface area contributed by atoms with Crippen LogP contribution < -0.4 is 4.74 Å². The van der Waals surface area contributed by atoms with Crippen LogP contribution in [0.25, 0.3) is 11.3 Å². The summed E-state index contributed by atoms with van der Waals surface area (Å²) in [6, 6.07) is 9.16. The number of rotatable bonds is 12. The molecule has 31 heavy (non-hydrogen) atoms. The molecule has 0 saturated heterocycles. The third-order valence-corrected chi connectivity index (χ3v) is 6.74. The fourth-order valence-corrected chi connectivity index (χ4v) is 4.65. The first-order valence-electron chi connectivity index (χ1n) is 12.4. The molecule has 1 aromatic carbocycles. The lowest BCUT2D eigenvalue weighted by Crippen LogP contribution is -2.15. The van der Waals surface area contributed by atoms with Gasteiger partial charge in [0.05, 0.1) is 12.3 Å². The maximum atomic E-state index is 14.7. The highest BCUT2D eigenvalue weighted by Crippen LogP contribution is 2.34. The first-order chi connectivity index (χ1) is 15.2. The molecule has 1 aromatic heterocycles. The van der Waals surface area contributed by atoms with E-state index in [4.69, 9.17) is 4.74 Å². The molecular weight excluding hydrogens is 387 g/mol. The van der Waals surface area contributed by atoms with Crippen LogP contribution in [-0.2, 0) is 6.42 Å². The Kier molecular flexibility index (Phi) is 9.77. The molecule has 1 aliphatic carbocycles. The van der Waals surface area contributed by atoms with Crippen LogP contribution >= 0.6 is 0 Å². The normalized spacial score (nSPS) is 18.8. The minimum atomic E-state index is -0.129. The van der Waals surface area contributed by atoms with E-state index < -0.39 is 0 Å². The fraction of sp³-hybridized carbons (Fsp3) is 0.630. The van der Waals surface area contributed by atoms with Crippen LogP contribution in [0.5, 0.6) is 5.88 Å². The van der Waals surface area contributed by atoms with Crippen molar-refractivity contribution in [2.75, 3.05) is 6.61 Å². The lowest BCUT2D eigenvalue weighted by atomic mass is 9.78. The van der Waals surface area contributed by atoms with E-state index in [9.17, 15) is 4.39 Å². The third kappa shape index (κ3) is 7.59. The number of benzene rings is 1. The predicted molar refractivity (Wildman–Crippen MR) is 126 cm³/mol. The summed E-state index contributed by atoms with van der Waals surface area (Å²) in [5.41, 5.74) is 2.26.